The van der Waals surface area contributed by atoms with Gasteiger partial charge < -0.3 is 9.47 Å². The zero-order valence-corrected chi connectivity index (χ0v) is 17.9. The Balaban J connectivity index is 1.47. The van der Waals surface area contributed by atoms with Gasteiger partial charge in [0.05, 0.1) is 0 Å². The molecule has 0 saturated heterocycles. The Hall–Kier alpha value is -2.93. The first kappa shape index (κ1) is 19.4. The molecule has 0 spiro atoms. The fourth-order valence-corrected chi connectivity index (χ4v) is 3.20. The summed E-state index contributed by atoms with van der Waals surface area (Å²) in [6, 6.07) is 23.4. The molecule has 4 rings (SSSR count). The monoisotopic (exact) mass is 495 g/mol. The van der Waals surface area contributed by atoms with Gasteiger partial charge in [-0.05, 0) is 82.6 Å². The zero-order chi connectivity index (χ0) is 20.2. The van der Waals surface area contributed by atoms with Crippen molar-refractivity contribution in [1.29, 1.82) is 0 Å². The lowest BCUT2D eigenvalue weighted by Gasteiger charge is -2.06. The van der Waals surface area contributed by atoms with Crippen molar-refractivity contribution < 1.29 is 14.3 Å². The topological polar surface area (TPSA) is 47.9 Å². The third kappa shape index (κ3) is 4.74. The largest absolute Gasteiger partial charge is 0.489 e. The van der Waals surface area contributed by atoms with E-state index in [0.717, 1.165) is 31.6 Å². The number of ether oxygens (including phenoxy) is 2. The Morgan fingerprint density at radius 3 is 2.52 bits per heavy atom. The van der Waals surface area contributed by atoms with Gasteiger partial charge in [-0.25, -0.2) is 9.79 Å². The molecule has 1 aliphatic rings. The molecule has 29 heavy (non-hydrogen) atoms. The molecule has 0 bridgehead atoms. The first-order chi connectivity index (χ1) is 14.1. The molecule has 3 aromatic carbocycles. The summed E-state index contributed by atoms with van der Waals surface area (Å²) in [5, 5.41) is 0. The lowest BCUT2D eigenvalue weighted by molar-refractivity contribution is -0.129. The first-order valence-electron chi connectivity index (χ1n) is 9.14. The molecule has 4 nitrogen and oxygen atoms in total. The predicted octanol–water partition coefficient (Wildman–Crippen LogP) is 5.52. The van der Waals surface area contributed by atoms with Gasteiger partial charge in [0.25, 0.3) is 0 Å². The van der Waals surface area contributed by atoms with Crippen molar-refractivity contribution in [2.24, 2.45) is 4.99 Å². The highest BCUT2D eigenvalue weighted by Gasteiger charge is 2.24. The number of aryl methyl sites for hydroxylation is 1. The van der Waals surface area contributed by atoms with Gasteiger partial charge in [-0.1, -0.05) is 42.5 Å². The van der Waals surface area contributed by atoms with Crippen molar-refractivity contribution in [3.8, 4) is 5.75 Å². The second-order valence-corrected chi connectivity index (χ2v) is 7.81. The number of hydrogen-bond donors (Lipinski definition) is 0. The molecular formula is C24H18INO3. The Bertz CT molecular complexity index is 1100. The number of aliphatic imine (C=N–C) groups is 1. The first-order valence-corrected chi connectivity index (χ1v) is 10.2. The van der Waals surface area contributed by atoms with Crippen LogP contribution < -0.4 is 4.74 Å². The van der Waals surface area contributed by atoms with E-state index in [4.69, 9.17) is 9.47 Å². The van der Waals surface area contributed by atoms with Crippen LogP contribution in [0.5, 0.6) is 5.75 Å². The van der Waals surface area contributed by atoms with Crippen molar-refractivity contribution >= 4 is 40.5 Å². The Morgan fingerprint density at radius 1 is 1.03 bits per heavy atom. The quantitative estimate of drug-likeness (QED) is 0.266. The lowest BCUT2D eigenvalue weighted by atomic mass is 10.1. The maximum atomic E-state index is 12.2. The van der Waals surface area contributed by atoms with Gasteiger partial charge in [0, 0.05) is 9.13 Å². The van der Waals surface area contributed by atoms with Crippen LogP contribution in [-0.2, 0) is 16.1 Å². The number of nitrogens with zero attached hydrogens (tertiary/aromatic N) is 1. The van der Waals surface area contributed by atoms with Crippen LogP contribution in [0.3, 0.4) is 0 Å². The van der Waals surface area contributed by atoms with E-state index in [1.165, 1.54) is 0 Å². The summed E-state index contributed by atoms with van der Waals surface area (Å²) in [7, 11) is 0. The molecule has 1 heterocycles. The van der Waals surface area contributed by atoms with E-state index in [-0.39, 0.29) is 5.70 Å². The minimum absolute atomic E-state index is 0.286. The van der Waals surface area contributed by atoms with Crippen LogP contribution in [0.4, 0.5) is 0 Å². The highest BCUT2D eigenvalue weighted by molar-refractivity contribution is 14.1. The van der Waals surface area contributed by atoms with E-state index in [1.54, 1.807) is 6.08 Å². The number of carbonyl (C=O) groups excluding carboxylic acids is 1. The molecule has 3 aromatic rings. The number of hydrogen-bond acceptors (Lipinski definition) is 4. The number of rotatable bonds is 5. The van der Waals surface area contributed by atoms with Gasteiger partial charge in [-0.2, -0.15) is 0 Å². The van der Waals surface area contributed by atoms with E-state index in [1.807, 2.05) is 79.7 Å². The Kier molecular flexibility index (Phi) is 5.76. The summed E-state index contributed by atoms with van der Waals surface area (Å²) in [4.78, 5) is 16.6. The second-order valence-electron chi connectivity index (χ2n) is 6.64. The molecule has 0 unspecified atom stereocenters. The van der Waals surface area contributed by atoms with Crippen molar-refractivity contribution in [2.45, 2.75) is 13.5 Å². The smallest absolute Gasteiger partial charge is 0.363 e. The summed E-state index contributed by atoms with van der Waals surface area (Å²) in [5.41, 5.74) is 4.16. The minimum atomic E-state index is -0.444. The summed E-state index contributed by atoms with van der Waals surface area (Å²) >= 11 is 2.27. The van der Waals surface area contributed by atoms with Gasteiger partial charge in [0.15, 0.2) is 5.70 Å². The van der Waals surface area contributed by atoms with E-state index < -0.39 is 5.97 Å². The summed E-state index contributed by atoms with van der Waals surface area (Å²) < 4.78 is 12.3. The molecule has 0 atom stereocenters. The van der Waals surface area contributed by atoms with Crippen LogP contribution in [0.2, 0.25) is 0 Å². The highest BCUT2D eigenvalue weighted by atomic mass is 127. The molecule has 0 aliphatic carbocycles. The maximum Gasteiger partial charge on any atom is 0.363 e. The molecule has 144 valence electrons. The predicted molar refractivity (Wildman–Crippen MR) is 122 cm³/mol. The Morgan fingerprint density at radius 2 is 1.79 bits per heavy atom. The molecule has 0 amide bonds. The van der Waals surface area contributed by atoms with Crippen LogP contribution in [0, 0.1) is 10.5 Å². The highest BCUT2D eigenvalue weighted by Crippen LogP contribution is 2.22. The van der Waals surface area contributed by atoms with Gasteiger partial charge in [0.1, 0.15) is 12.4 Å². The van der Waals surface area contributed by atoms with Crippen molar-refractivity contribution in [2.75, 3.05) is 0 Å². The Labute approximate surface area is 183 Å². The fourth-order valence-electron chi connectivity index (χ4n) is 2.87. The lowest BCUT2D eigenvalue weighted by Crippen LogP contribution is -2.05. The standard InChI is InChI=1S/C24H18INO3/c1-16-13-19(9-12-21(16)25)23-26-22(24(27)29-23)14-17-7-10-20(11-8-17)28-15-18-5-3-2-4-6-18/h2-14H,15H2,1H3/b22-14-. The SMILES string of the molecule is Cc1cc(C2=N/C(=C\c3ccc(OCc4ccccc4)cc3)C(=O)O2)ccc1I. The molecule has 1 aliphatic heterocycles. The third-order valence-corrected chi connectivity index (χ3v) is 5.67. The normalized spacial score (nSPS) is 14.6. The maximum absolute atomic E-state index is 12.2. The summed E-state index contributed by atoms with van der Waals surface area (Å²) in [6.07, 6.45) is 1.72. The van der Waals surface area contributed by atoms with E-state index >= 15 is 0 Å². The summed E-state index contributed by atoms with van der Waals surface area (Å²) in [6.45, 7) is 2.53. The molecule has 0 fully saturated rings. The van der Waals surface area contributed by atoms with Gasteiger partial charge in [-0.15, -0.1) is 0 Å². The molecule has 0 radical (unpaired) electrons. The van der Waals surface area contributed by atoms with E-state index in [9.17, 15) is 4.79 Å². The number of carbonyl (C=O) groups is 1. The molecule has 0 aromatic heterocycles. The van der Waals surface area contributed by atoms with Crippen LogP contribution in [0.25, 0.3) is 6.08 Å². The second kappa shape index (κ2) is 8.61. The molecule has 5 heteroatoms. The van der Waals surface area contributed by atoms with Crippen molar-refractivity contribution in [3.05, 3.63) is 104 Å². The van der Waals surface area contributed by atoms with Crippen LogP contribution in [0.15, 0.2) is 83.5 Å². The number of benzene rings is 3. The molecule has 0 saturated carbocycles. The van der Waals surface area contributed by atoms with Gasteiger partial charge >= 0.3 is 5.97 Å². The average molecular weight is 495 g/mol. The van der Waals surface area contributed by atoms with Crippen LogP contribution in [0.1, 0.15) is 22.3 Å². The van der Waals surface area contributed by atoms with Crippen molar-refractivity contribution in [3.63, 3.8) is 0 Å². The number of cyclic esters (lactones) is 1. The zero-order valence-electron chi connectivity index (χ0n) is 15.8. The van der Waals surface area contributed by atoms with E-state index in [0.29, 0.717) is 12.5 Å². The van der Waals surface area contributed by atoms with Gasteiger partial charge in [-0.3, -0.25) is 0 Å². The minimum Gasteiger partial charge on any atom is -0.489 e. The van der Waals surface area contributed by atoms with Gasteiger partial charge in [0.2, 0.25) is 5.90 Å². The molecule has 0 N–H and O–H groups in total. The molecular weight excluding hydrogens is 477 g/mol. The van der Waals surface area contributed by atoms with Crippen LogP contribution >= 0.6 is 22.6 Å². The summed E-state index contributed by atoms with van der Waals surface area (Å²) in [5.74, 6) is 0.660. The van der Waals surface area contributed by atoms with Crippen LogP contribution in [-0.4, -0.2) is 11.9 Å². The van der Waals surface area contributed by atoms with E-state index in [2.05, 4.69) is 27.6 Å². The third-order valence-electron chi connectivity index (χ3n) is 4.46. The average Bonchev–Trinajstić information content (AvgIpc) is 3.10. The van der Waals surface area contributed by atoms with Crippen molar-refractivity contribution in [1.82, 2.24) is 0 Å². The number of esters is 1. The fraction of sp³-hybridized carbons (Fsp3) is 0.0833. The number of halogens is 1.